The largest absolute Gasteiger partial charge is 0.505 e. The van der Waals surface area contributed by atoms with Crippen LogP contribution < -0.4 is 20.9 Å². The first-order chi connectivity index (χ1) is 29.5. The number of ether oxygens (including phenoxy) is 1. The predicted molar refractivity (Wildman–Crippen MR) is 223 cm³/mol. The molecule has 0 radical (unpaired) electrons. The molecule has 6 rings (SSSR count). The van der Waals surface area contributed by atoms with Crippen molar-refractivity contribution in [3.8, 4) is 5.75 Å². The maximum Gasteiger partial charge on any atom is 0.333 e. The van der Waals surface area contributed by atoms with E-state index in [1.165, 1.54) is 53.9 Å². The average Bonchev–Trinajstić information content (AvgIpc) is 3.75. The van der Waals surface area contributed by atoms with E-state index in [1.54, 1.807) is 30.3 Å². The van der Waals surface area contributed by atoms with Crippen LogP contribution in [0, 0.1) is 0 Å². The van der Waals surface area contributed by atoms with E-state index in [9.17, 15) is 43.5 Å². The molecule has 0 aliphatic carbocycles. The summed E-state index contributed by atoms with van der Waals surface area (Å²) in [6.45, 7) is 2.75. The Balaban J connectivity index is 1.42. The number of aromatic hydroxyl groups is 1. The molecule has 0 saturated carbocycles. The third-order valence-electron chi connectivity index (χ3n) is 11.5. The minimum Gasteiger partial charge on any atom is -0.505 e. The monoisotopic (exact) mass is 852 g/mol. The molecule has 0 spiro atoms. The normalized spacial score (nSPS) is 25.7. The van der Waals surface area contributed by atoms with E-state index in [-0.39, 0.29) is 50.1 Å². The van der Waals surface area contributed by atoms with Crippen LogP contribution in [0.15, 0.2) is 72.9 Å². The molecule has 4 N–H and O–H groups in total. The number of Topliss-reactive ketones (excluding diaryl/α,β-unsaturated/α-hetero) is 1. The number of esters is 1. The smallest absolute Gasteiger partial charge is 0.333 e. The van der Waals surface area contributed by atoms with Crippen LogP contribution in [0.3, 0.4) is 0 Å². The summed E-state index contributed by atoms with van der Waals surface area (Å²) in [5.74, 6) is -6.40. The van der Waals surface area contributed by atoms with Crippen molar-refractivity contribution < 1.29 is 48.2 Å². The topological polar surface area (TPSA) is 228 Å². The molecule has 3 aliphatic heterocycles. The van der Waals surface area contributed by atoms with Crippen molar-refractivity contribution in [1.29, 1.82) is 0 Å². The molecule has 18 heteroatoms. The number of piperidine rings is 1. The Morgan fingerprint density at radius 2 is 1.55 bits per heavy atom. The Hall–Kier alpha value is -6.85. The van der Waals surface area contributed by atoms with E-state index >= 15 is 0 Å². The highest BCUT2D eigenvalue weighted by Gasteiger charge is 2.45. The summed E-state index contributed by atoms with van der Waals surface area (Å²) in [6, 6.07) is 9.97. The number of rotatable bonds is 6. The average molecular weight is 853 g/mol. The zero-order valence-electron chi connectivity index (χ0n) is 35.3. The van der Waals surface area contributed by atoms with Gasteiger partial charge in [-0.3, -0.25) is 33.6 Å². The Kier molecular flexibility index (Phi) is 13.9. The Morgan fingerprint density at radius 1 is 0.855 bits per heavy atom. The van der Waals surface area contributed by atoms with Crippen molar-refractivity contribution in [3.05, 3.63) is 89.7 Å². The number of nitrogens with zero attached hydrogens (tertiary/aromatic N) is 5. The van der Waals surface area contributed by atoms with Gasteiger partial charge >= 0.3 is 5.97 Å². The van der Waals surface area contributed by atoms with Gasteiger partial charge in [0.1, 0.15) is 47.8 Å². The lowest BCUT2D eigenvalue weighted by Gasteiger charge is -2.40. The van der Waals surface area contributed by atoms with Gasteiger partial charge in [-0.15, -0.1) is 0 Å². The third kappa shape index (κ3) is 9.85. The van der Waals surface area contributed by atoms with Gasteiger partial charge in [-0.1, -0.05) is 42.5 Å². The summed E-state index contributed by atoms with van der Waals surface area (Å²) in [4.78, 5) is 123. The zero-order chi connectivity index (χ0) is 44.8. The summed E-state index contributed by atoms with van der Waals surface area (Å²) in [5.41, 5.74) is 1.44. The molecule has 0 bridgehead atoms. The van der Waals surface area contributed by atoms with Crippen LogP contribution in [0.2, 0.25) is 0 Å². The molecule has 3 fully saturated rings. The fourth-order valence-corrected chi connectivity index (χ4v) is 8.01. The molecule has 7 unspecified atom stereocenters. The molecular formula is C44H52N8O10. The van der Waals surface area contributed by atoms with Gasteiger partial charge < -0.3 is 45.4 Å². The second-order valence-corrected chi connectivity index (χ2v) is 16.0. The second-order valence-electron chi connectivity index (χ2n) is 16.0. The molecule has 3 aliphatic rings. The maximum atomic E-state index is 14.9. The number of carbonyl (C=O) groups excluding carboxylic acids is 8. The van der Waals surface area contributed by atoms with Crippen molar-refractivity contribution in [2.24, 2.45) is 0 Å². The van der Waals surface area contributed by atoms with Crippen LogP contribution in [0.5, 0.6) is 5.75 Å². The van der Waals surface area contributed by atoms with Gasteiger partial charge in [0.05, 0.1) is 0 Å². The lowest BCUT2D eigenvalue weighted by atomic mass is 9.95. The number of anilines is 1. The SMILES string of the molecule is CC1NC(=O)C(NC(=O)c2ncccc2O)C(C)OC(=O)C(c2ccccc2)NC(=O)C2CC(=O)CCN2C(=O)C(Cc2ccc(N(C)C)cc2)N(C)C(=O)C2CCCN2C1=O. The van der Waals surface area contributed by atoms with Crippen molar-refractivity contribution in [2.75, 3.05) is 39.1 Å². The van der Waals surface area contributed by atoms with E-state index < -0.39 is 95.2 Å². The number of fused-ring (bicyclic) bond motifs is 2. The number of benzene rings is 2. The molecule has 6 amide bonds. The predicted octanol–water partition coefficient (Wildman–Crippen LogP) is 0.880. The molecule has 3 saturated heterocycles. The van der Waals surface area contributed by atoms with Gasteiger partial charge in [-0.2, -0.15) is 0 Å². The number of carbonyl (C=O) groups is 8. The molecule has 1 aromatic heterocycles. The van der Waals surface area contributed by atoms with Crippen LogP contribution >= 0.6 is 0 Å². The van der Waals surface area contributed by atoms with Crippen LogP contribution in [0.1, 0.15) is 67.2 Å². The first-order valence-corrected chi connectivity index (χ1v) is 20.5. The van der Waals surface area contributed by atoms with Crippen molar-refractivity contribution in [2.45, 2.75) is 88.3 Å². The first-order valence-electron chi connectivity index (χ1n) is 20.5. The summed E-state index contributed by atoms with van der Waals surface area (Å²) >= 11 is 0. The first kappa shape index (κ1) is 44.7. The molecular weight excluding hydrogens is 801 g/mol. The van der Waals surface area contributed by atoms with E-state index in [0.717, 1.165) is 5.69 Å². The quantitative estimate of drug-likeness (QED) is 0.254. The van der Waals surface area contributed by atoms with Crippen molar-refractivity contribution in [1.82, 2.24) is 35.6 Å². The number of amides is 6. The number of likely N-dealkylation sites (N-methyl/N-ethyl adjacent to an activating group) is 1. The van der Waals surface area contributed by atoms with E-state index in [0.29, 0.717) is 12.0 Å². The summed E-state index contributed by atoms with van der Waals surface area (Å²) in [6.07, 6.45) is 0.0953. The van der Waals surface area contributed by atoms with Gasteiger partial charge in [0.2, 0.25) is 29.5 Å². The van der Waals surface area contributed by atoms with Crippen LogP contribution in [-0.2, 0) is 44.7 Å². The number of cyclic esters (lactones) is 1. The van der Waals surface area contributed by atoms with Crippen LogP contribution in [0.4, 0.5) is 5.69 Å². The maximum absolute atomic E-state index is 14.9. The van der Waals surface area contributed by atoms with Gasteiger partial charge in [0.25, 0.3) is 5.91 Å². The van der Waals surface area contributed by atoms with Gasteiger partial charge in [0.15, 0.2) is 11.7 Å². The molecule has 328 valence electrons. The lowest BCUT2D eigenvalue weighted by molar-refractivity contribution is -0.156. The molecule has 3 aromatic rings. The zero-order valence-corrected chi connectivity index (χ0v) is 35.3. The Bertz CT molecular complexity index is 2200. The minimum absolute atomic E-state index is 0.0287. The minimum atomic E-state index is -1.68. The van der Waals surface area contributed by atoms with E-state index in [1.807, 2.05) is 43.3 Å². The molecule has 4 heterocycles. The van der Waals surface area contributed by atoms with E-state index in [2.05, 4.69) is 20.9 Å². The van der Waals surface area contributed by atoms with Crippen molar-refractivity contribution >= 4 is 52.9 Å². The highest BCUT2D eigenvalue weighted by Crippen LogP contribution is 2.27. The fourth-order valence-electron chi connectivity index (χ4n) is 8.01. The van der Waals surface area contributed by atoms with Gasteiger partial charge in [-0.05, 0) is 62.1 Å². The molecule has 62 heavy (non-hydrogen) atoms. The fraction of sp³-hybridized carbons (Fsp3) is 0.432. The summed E-state index contributed by atoms with van der Waals surface area (Å²) in [5, 5.41) is 18.1. The number of hydrogen-bond acceptors (Lipinski definition) is 12. The standard InChI is InChI=1S/C44H52N8O10/c1-25-41(58)51-21-10-13-31(51)42(59)50(5)33(23-27-15-17-29(18-16-27)49(3)4)43(60)52-22-19-30(53)24-32(52)38(55)48-36(28-11-7-6-8-12-28)44(61)62-26(2)35(39(56)46-25)47-40(57)37-34(54)14-9-20-45-37/h6-9,11-12,14-18,20,25-26,31-33,35-36,54H,10,13,19,21-24H2,1-5H3,(H,46,56)(H,47,57)(H,48,55). The molecule has 7 atom stereocenters. The third-order valence-corrected chi connectivity index (χ3v) is 11.5. The molecule has 2 aromatic carbocycles. The second kappa shape index (κ2) is 19.2. The summed E-state index contributed by atoms with van der Waals surface area (Å²) in [7, 11) is 5.24. The lowest BCUT2D eigenvalue weighted by Crippen LogP contribution is -2.61. The van der Waals surface area contributed by atoms with Crippen LogP contribution in [0.25, 0.3) is 0 Å². The van der Waals surface area contributed by atoms with Gasteiger partial charge in [-0.25, -0.2) is 9.78 Å². The number of nitrogens with one attached hydrogen (secondary N) is 3. The number of aromatic nitrogens is 1. The Labute approximate surface area is 358 Å². The highest BCUT2D eigenvalue weighted by molar-refractivity contribution is 6.01. The van der Waals surface area contributed by atoms with Crippen molar-refractivity contribution in [3.63, 3.8) is 0 Å². The number of ketones is 1. The number of hydrogen-bond donors (Lipinski definition) is 4. The van der Waals surface area contributed by atoms with Crippen LogP contribution in [-0.4, -0.2) is 143 Å². The summed E-state index contributed by atoms with van der Waals surface area (Å²) < 4.78 is 5.82. The number of pyridine rings is 1. The van der Waals surface area contributed by atoms with E-state index in [4.69, 9.17) is 4.74 Å². The Morgan fingerprint density at radius 3 is 2.23 bits per heavy atom. The van der Waals surface area contributed by atoms with Gasteiger partial charge in [0, 0.05) is 65.4 Å². The highest BCUT2D eigenvalue weighted by atomic mass is 16.5. The molecule has 18 nitrogen and oxygen atoms in total.